The van der Waals surface area contributed by atoms with Crippen molar-refractivity contribution in [3.63, 3.8) is 0 Å². The van der Waals surface area contributed by atoms with Crippen LogP contribution in [0.3, 0.4) is 0 Å². The van der Waals surface area contributed by atoms with Gasteiger partial charge in [0.1, 0.15) is 17.3 Å². The van der Waals surface area contributed by atoms with Crippen molar-refractivity contribution in [3.05, 3.63) is 47.5 Å². The van der Waals surface area contributed by atoms with Gasteiger partial charge in [-0.15, -0.1) is 0 Å². The molecule has 6 unspecified atom stereocenters. The van der Waals surface area contributed by atoms with Gasteiger partial charge >= 0.3 is 36.6 Å². The van der Waals surface area contributed by atoms with E-state index in [0.717, 1.165) is 14.0 Å². The highest BCUT2D eigenvalue weighted by Gasteiger charge is 2.73. The molecule has 298 valence electrons. The number of aliphatic hydroxyl groups is 2. The third-order valence-electron chi connectivity index (χ3n) is 9.67. The first-order valence-electron chi connectivity index (χ1n) is 15.1. The molecule has 2 bridgehead atoms. The molecule has 2 aliphatic rings. The van der Waals surface area contributed by atoms with E-state index in [9.17, 15) is 92.3 Å². The van der Waals surface area contributed by atoms with Gasteiger partial charge in [-0.05, 0) is 61.6 Å². The summed E-state index contributed by atoms with van der Waals surface area (Å²) >= 11 is 0. The second kappa shape index (κ2) is 13.5. The number of aliphatic carboxylic acids is 2. The molecule has 0 spiro atoms. The fourth-order valence-electron chi connectivity index (χ4n) is 7.38. The SMILES string of the molecule is CNc1ccc(Oc2ccc(NC(=O)C3C4CC(C(C(=O)O)C4C(C)=O)C3C(=O)O)c(C(O)(C(F)(F)F)C(F)(F)F)c2)cc1C(O)(C(F)(F)F)C(F)(F)F. The molecular formula is C31H26F12N2O9. The monoisotopic (exact) mass is 798 g/mol. The fourth-order valence-corrected chi connectivity index (χ4v) is 7.38. The molecule has 0 aliphatic heterocycles. The van der Waals surface area contributed by atoms with Gasteiger partial charge in [-0.25, -0.2) is 0 Å². The quantitative estimate of drug-likeness (QED) is 0.157. The summed E-state index contributed by atoms with van der Waals surface area (Å²) in [5.74, 6) is -17.8. The van der Waals surface area contributed by atoms with Crippen LogP contribution in [0.1, 0.15) is 24.5 Å². The smallest absolute Gasteiger partial charge is 0.430 e. The van der Waals surface area contributed by atoms with E-state index in [-0.39, 0.29) is 24.6 Å². The van der Waals surface area contributed by atoms with E-state index in [1.54, 1.807) is 5.32 Å². The second-order valence-corrected chi connectivity index (χ2v) is 12.6. The van der Waals surface area contributed by atoms with Crippen molar-refractivity contribution in [1.82, 2.24) is 0 Å². The van der Waals surface area contributed by atoms with Crippen molar-refractivity contribution in [2.75, 3.05) is 17.7 Å². The zero-order valence-electron chi connectivity index (χ0n) is 27.0. The molecule has 0 radical (unpaired) electrons. The summed E-state index contributed by atoms with van der Waals surface area (Å²) in [5.41, 5.74) is -18.2. The van der Waals surface area contributed by atoms with Crippen molar-refractivity contribution in [3.8, 4) is 11.5 Å². The lowest BCUT2D eigenvalue weighted by molar-refractivity contribution is -0.376. The molecular weight excluding hydrogens is 772 g/mol. The number of carboxylic acids is 2. The average molecular weight is 799 g/mol. The van der Waals surface area contributed by atoms with Crippen molar-refractivity contribution in [2.24, 2.45) is 35.5 Å². The predicted octanol–water partition coefficient (Wildman–Crippen LogP) is 5.96. The van der Waals surface area contributed by atoms with Crippen LogP contribution < -0.4 is 15.4 Å². The predicted molar refractivity (Wildman–Crippen MR) is 155 cm³/mol. The number of fused-ring (bicyclic) bond motifs is 2. The van der Waals surface area contributed by atoms with Crippen LogP contribution in [0.15, 0.2) is 36.4 Å². The molecule has 0 heterocycles. The zero-order valence-corrected chi connectivity index (χ0v) is 27.0. The van der Waals surface area contributed by atoms with Crippen LogP contribution in [-0.2, 0) is 30.4 Å². The highest BCUT2D eigenvalue weighted by Crippen LogP contribution is 2.60. The molecule has 1 amide bonds. The molecule has 4 rings (SSSR count). The van der Waals surface area contributed by atoms with Crippen LogP contribution in [0.2, 0.25) is 0 Å². The summed E-state index contributed by atoms with van der Waals surface area (Å²) < 4.78 is 172. The Morgan fingerprint density at radius 2 is 1.00 bits per heavy atom. The lowest BCUT2D eigenvalue weighted by Gasteiger charge is -2.37. The summed E-state index contributed by atoms with van der Waals surface area (Å²) in [6, 6.07) is 1.53. The van der Waals surface area contributed by atoms with Gasteiger partial charge in [-0.3, -0.25) is 19.2 Å². The number of alkyl halides is 12. The number of anilines is 2. The Labute approximate surface area is 293 Å². The fraction of sp³-hybridized carbons (Fsp3) is 0.484. The summed E-state index contributed by atoms with van der Waals surface area (Å²) in [7, 11) is 0.848. The number of carbonyl (C=O) groups is 4. The molecule has 2 aliphatic carbocycles. The summed E-state index contributed by atoms with van der Waals surface area (Å²) in [4.78, 5) is 50.1. The van der Waals surface area contributed by atoms with E-state index >= 15 is 0 Å². The first kappa shape index (κ1) is 41.9. The molecule has 54 heavy (non-hydrogen) atoms. The molecule has 2 fully saturated rings. The second-order valence-electron chi connectivity index (χ2n) is 12.6. The summed E-state index contributed by atoms with van der Waals surface area (Å²) in [5, 5.41) is 43.4. The Hall–Kier alpha value is -4.80. The number of carbonyl (C=O) groups excluding carboxylic acids is 2. The van der Waals surface area contributed by atoms with Crippen LogP contribution in [0.25, 0.3) is 0 Å². The first-order chi connectivity index (χ1) is 24.4. The summed E-state index contributed by atoms with van der Waals surface area (Å²) in [6.45, 7) is 0.928. The van der Waals surface area contributed by atoms with Gasteiger partial charge in [0.15, 0.2) is 0 Å². The van der Waals surface area contributed by atoms with Gasteiger partial charge in [0, 0.05) is 35.5 Å². The normalized spacial score (nSPS) is 23.6. The maximum atomic E-state index is 14.2. The Morgan fingerprint density at radius 1 is 0.630 bits per heavy atom. The molecule has 23 heteroatoms. The number of halogens is 12. The standard InChI is InChI=1S/C31H26F12N2O9/c1-10(46)19-13-9-14(21(19)24(48)49)22(25(50)51)20(13)23(47)45-18-6-4-12(8-16(18)27(53,30(38,39)40)31(41,42)43)54-11-3-5-17(44-2)15(7-11)26(52,28(32,33)34)29(35,36)37/h3-8,13-14,19-22,44,52-53H,9H2,1-2H3,(H,45,47)(H,48,49)(H,50,51). The van der Waals surface area contributed by atoms with Gasteiger partial charge in [-0.1, -0.05) is 0 Å². The van der Waals surface area contributed by atoms with Crippen LogP contribution in [-0.4, -0.2) is 75.8 Å². The number of amides is 1. The number of Topliss-reactive ketones (excluding diaryl/α,β-unsaturated/α-hetero) is 1. The minimum atomic E-state index is -6.68. The maximum absolute atomic E-state index is 14.2. The van der Waals surface area contributed by atoms with E-state index in [1.807, 2.05) is 5.32 Å². The molecule has 2 aromatic carbocycles. The number of rotatable bonds is 10. The van der Waals surface area contributed by atoms with Gasteiger partial charge in [0.2, 0.25) is 5.91 Å². The van der Waals surface area contributed by atoms with E-state index in [0.29, 0.717) is 18.2 Å². The lowest BCUT2D eigenvalue weighted by Crippen LogP contribution is -2.54. The molecule has 11 nitrogen and oxygen atoms in total. The Balaban J connectivity index is 1.86. The summed E-state index contributed by atoms with van der Waals surface area (Å²) in [6.07, 6.45) is -26.6. The molecule has 0 aromatic heterocycles. The molecule has 2 aromatic rings. The topological polar surface area (TPSA) is 182 Å². The Morgan fingerprint density at radius 3 is 1.37 bits per heavy atom. The number of ketones is 1. The minimum Gasteiger partial charge on any atom is -0.481 e. The van der Waals surface area contributed by atoms with Crippen LogP contribution in [0.5, 0.6) is 11.5 Å². The highest BCUT2D eigenvalue weighted by molar-refractivity contribution is 5.98. The molecule has 2 saturated carbocycles. The van der Waals surface area contributed by atoms with Crippen LogP contribution in [0.4, 0.5) is 64.1 Å². The van der Waals surface area contributed by atoms with Crippen LogP contribution in [0, 0.1) is 35.5 Å². The number of nitrogens with one attached hydrogen (secondary N) is 2. The average Bonchev–Trinajstić information content (AvgIpc) is 3.60. The van der Waals surface area contributed by atoms with Crippen molar-refractivity contribution >= 4 is 35.0 Å². The molecule has 0 saturated heterocycles. The van der Waals surface area contributed by atoms with E-state index < -0.39 is 129 Å². The van der Waals surface area contributed by atoms with Crippen LogP contribution >= 0.6 is 0 Å². The number of ether oxygens (including phenoxy) is 1. The van der Waals surface area contributed by atoms with Crippen molar-refractivity contribution in [2.45, 2.75) is 49.3 Å². The van der Waals surface area contributed by atoms with Gasteiger partial charge < -0.3 is 35.8 Å². The lowest BCUT2D eigenvalue weighted by atomic mass is 9.66. The zero-order chi connectivity index (χ0) is 41.3. The molecule has 6 atom stereocenters. The third kappa shape index (κ3) is 6.64. The van der Waals surface area contributed by atoms with Crippen molar-refractivity contribution < 1.29 is 97.0 Å². The number of hydrogen-bond donors (Lipinski definition) is 6. The van der Waals surface area contributed by atoms with Gasteiger partial charge in [0.25, 0.3) is 11.2 Å². The number of benzene rings is 2. The van der Waals surface area contributed by atoms with E-state index in [4.69, 9.17) is 4.74 Å². The van der Waals surface area contributed by atoms with Crippen molar-refractivity contribution in [1.29, 1.82) is 0 Å². The third-order valence-corrected chi connectivity index (χ3v) is 9.67. The molecule has 6 N–H and O–H groups in total. The Kier molecular flexibility index (Phi) is 10.5. The highest BCUT2D eigenvalue weighted by atomic mass is 19.4. The van der Waals surface area contributed by atoms with Gasteiger partial charge in [-0.2, -0.15) is 52.7 Å². The van der Waals surface area contributed by atoms with E-state index in [2.05, 4.69) is 0 Å². The van der Waals surface area contributed by atoms with E-state index in [1.165, 1.54) is 0 Å². The number of hydrogen-bond acceptors (Lipinski definition) is 8. The Bertz CT molecular complexity index is 1810. The minimum absolute atomic E-state index is 0.0705. The largest absolute Gasteiger partial charge is 0.481 e. The van der Waals surface area contributed by atoms with Gasteiger partial charge in [0.05, 0.1) is 17.8 Å². The number of carboxylic acid groups (broad SMARTS) is 2. The first-order valence-corrected chi connectivity index (χ1v) is 15.1. The maximum Gasteiger partial charge on any atom is 0.430 e.